The number of aromatic nitrogens is 1. The number of fused-ring (bicyclic) bond motifs is 1. The van der Waals surface area contributed by atoms with Crippen molar-refractivity contribution < 1.29 is 19.8 Å². The summed E-state index contributed by atoms with van der Waals surface area (Å²) in [6, 6.07) is 23.6. The van der Waals surface area contributed by atoms with Crippen molar-refractivity contribution in [2.75, 3.05) is 0 Å². The lowest BCUT2D eigenvalue weighted by atomic mass is 10.0. The minimum atomic E-state index is -1.29. The van der Waals surface area contributed by atoms with Gasteiger partial charge < -0.3 is 10.2 Å². The number of hydrogen-bond acceptors (Lipinski definition) is 4. The third-order valence-electron chi connectivity index (χ3n) is 4.94. The van der Waals surface area contributed by atoms with Crippen LogP contribution in [0.2, 0.25) is 0 Å². The van der Waals surface area contributed by atoms with Crippen LogP contribution in [-0.2, 0) is 0 Å². The molecule has 0 saturated heterocycles. The number of hydrogen-bond donors (Lipinski definition) is 2. The largest absolute Gasteiger partial charge is 0.506 e. The van der Waals surface area contributed by atoms with E-state index in [-0.39, 0.29) is 11.1 Å². The second-order valence-corrected chi connectivity index (χ2v) is 7.14. The number of aromatic carboxylic acids is 1. The number of para-hydroxylation sites is 2. The summed E-state index contributed by atoms with van der Waals surface area (Å²) in [6.45, 7) is 0. The van der Waals surface area contributed by atoms with Crippen LogP contribution < -0.4 is 0 Å². The zero-order chi connectivity index (χ0) is 22.5. The summed E-state index contributed by atoms with van der Waals surface area (Å²) >= 11 is 0. The number of allylic oxidation sites excluding steroid dienone is 1. The van der Waals surface area contributed by atoms with Crippen LogP contribution in [0.5, 0.6) is 5.75 Å². The van der Waals surface area contributed by atoms with Crippen molar-refractivity contribution in [3.8, 4) is 5.75 Å². The highest BCUT2D eigenvalue weighted by Gasteiger charge is 2.16. The fourth-order valence-corrected chi connectivity index (χ4v) is 3.30. The molecular weight excluding hydrogens is 402 g/mol. The lowest BCUT2D eigenvalue weighted by Gasteiger charge is -2.04. The van der Waals surface area contributed by atoms with Crippen molar-refractivity contribution in [1.29, 1.82) is 0 Å². The topological polar surface area (TPSA) is 87.5 Å². The molecule has 0 fully saturated rings. The third kappa shape index (κ3) is 4.63. The average molecular weight is 421 g/mol. The van der Waals surface area contributed by atoms with Crippen molar-refractivity contribution in [3.63, 3.8) is 0 Å². The molecule has 32 heavy (non-hydrogen) atoms. The molecule has 0 atom stereocenters. The number of rotatable bonds is 6. The van der Waals surface area contributed by atoms with Gasteiger partial charge in [-0.1, -0.05) is 60.7 Å². The molecule has 0 aliphatic rings. The van der Waals surface area contributed by atoms with Gasteiger partial charge in [-0.25, -0.2) is 9.78 Å². The van der Waals surface area contributed by atoms with Crippen molar-refractivity contribution in [2.24, 2.45) is 0 Å². The lowest BCUT2D eigenvalue weighted by molar-refractivity contribution is 0.0693. The van der Waals surface area contributed by atoms with Gasteiger partial charge in [0, 0.05) is 5.39 Å². The molecule has 2 N–H and O–H groups in total. The first-order valence-electron chi connectivity index (χ1n) is 9.93. The van der Waals surface area contributed by atoms with E-state index in [1.807, 2.05) is 72.8 Å². The molecule has 0 unspecified atom stereocenters. The second kappa shape index (κ2) is 9.10. The Labute approximate surface area is 184 Å². The first-order chi connectivity index (χ1) is 15.5. The fraction of sp³-hybridized carbons (Fsp3) is 0. The van der Waals surface area contributed by atoms with E-state index in [0.717, 1.165) is 27.7 Å². The molecule has 156 valence electrons. The third-order valence-corrected chi connectivity index (χ3v) is 4.94. The molecule has 0 saturated carbocycles. The first-order valence-corrected chi connectivity index (χ1v) is 9.93. The number of carbonyl (C=O) groups excluding carboxylic acids is 1. The second-order valence-electron chi connectivity index (χ2n) is 7.14. The molecule has 1 heterocycles. The number of phenols is 1. The van der Waals surface area contributed by atoms with Gasteiger partial charge in [-0.15, -0.1) is 0 Å². The molecule has 4 rings (SSSR count). The summed E-state index contributed by atoms with van der Waals surface area (Å²) in [5.74, 6) is -2.30. The van der Waals surface area contributed by atoms with E-state index in [9.17, 15) is 14.7 Å². The van der Waals surface area contributed by atoms with Crippen LogP contribution in [0, 0.1) is 0 Å². The summed E-state index contributed by atoms with van der Waals surface area (Å²) in [5, 5.41) is 20.2. The molecule has 0 radical (unpaired) electrons. The summed E-state index contributed by atoms with van der Waals surface area (Å²) in [5.41, 5.74) is 3.14. The SMILES string of the molecule is O=C(O)c1cccc(C(=O)C=Cc2cccc(C=Cc3ccc4ccccc4n3)c2)c1O. The van der Waals surface area contributed by atoms with Crippen molar-refractivity contribution in [1.82, 2.24) is 4.98 Å². The highest BCUT2D eigenvalue weighted by atomic mass is 16.4. The minimum absolute atomic E-state index is 0.0559. The smallest absolute Gasteiger partial charge is 0.339 e. The zero-order valence-corrected chi connectivity index (χ0v) is 17.0. The van der Waals surface area contributed by atoms with E-state index in [1.165, 1.54) is 24.3 Å². The van der Waals surface area contributed by atoms with Crippen molar-refractivity contribution >= 4 is 40.9 Å². The van der Waals surface area contributed by atoms with Gasteiger partial charge in [0.2, 0.25) is 0 Å². The quantitative estimate of drug-likeness (QED) is 0.308. The van der Waals surface area contributed by atoms with Gasteiger partial charge in [0.05, 0.1) is 16.8 Å². The van der Waals surface area contributed by atoms with Gasteiger partial charge in [0.15, 0.2) is 5.78 Å². The van der Waals surface area contributed by atoms with E-state index in [1.54, 1.807) is 6.08 Å². The van der Waals surface area contributed by atoms with E-state index in [0.29, 0.717) is 0 Å². The highest BCUT2D eigenvalue weighted by molar-refractivity contribution is 6.10. The Morgan fingerprint density at radius 3 is 2.28 bits per heavy atom. The van der Waals surface area contributed by atoms with Gasteiger partial charge >= 0.3 is 5.97 Å². The molecule has 5 heteroatoms. The standard InChI is InChI=1S/C27H19NO4/c29-25(22-8-4-9-23(26(22)30)27(31)32)16-12-19-6-3-5-18(17-19)11-14-21-15-13-20-7-1-2-10-24(20)28-21/h1-17,30H,(H,31,32). The Kier molecular flexibility index (Phi) is 5.90. The Hall–Kier alpha value is -4.51. The van der Waals surface area contributed by atoms with Gasteiger partial charge in [-0.3, -0.25) is 4.79 Å². The molecular formula is C27H19NO4. The van der Waals surface area contributed by atoms with Crippen molar-refractivity contribution in [3.05, 3.63) is 113 Å². The molecule has 0 bridgehead atoms. The maximum atomic E-state index is 12.5. The normalized spacial score (nSPS) is 11.4. The number of carbonyl (C=O) groups is 2. The molecule has 0 amide bonds. The zero-order valence-electron chi connectivity index (χ0n) is 17.0. The van der Waals surface area contributed by atoms with Gasteiger partial charge in [-0.2, -0.15) is 0 Å². The molecule has 4 aromatic rings. The van der Waals surface area contributed by atoms with Crippen LogP contribution in [0.1, 0.15) is 37.5 Å². The van der Waals surface area contributed by atoms with Crippen LogP contribution >= 0.6 is 0 Å². The number of carboxylic acid groups (broad SMARTS) is 1. The minimum Gasteiger partial charge on any atom is -0.506 e. The van der Waals surface area contributed by atoms with E-state index < -0.39 is 17.5 Å². The van der Waals surface area contributed by atoms with Crippen LogP contribution in [-0.4, -0.2) is 26.9 Å². The summed E-state index contributed by atoms with van der Waals surface area (Å²) in [4.78, 5) is 28.2. The van der Waals surface area contributed by atoms with Gasteiger partial charge in [0.1, 0.15) is 11.3 Å². The number of benzene rings is 3. The average Bonchev–Trinajstić information content (AvgIpc) is 2.81. The summed E-state index contributed by atoms with van der Waals surface area (Å²) in [6.07, 6.45) is 6.81. The number of ketones is 1. The predicted molar refractivity (Wildman–Crippen MR) is 126 cm³/mol. The maximum Gasteiger partial charge on any atom is 0.339 e. The van der Waals surface area contributed by atoms with Crippen molar-refractivity contribution in [2.45, 2.75) is 0 Å². The van der Waals surface area contributed by atoms with E-state index in [2.05, 4.69) is 4.98 Å². The van der Waals surface area contributed by atoms with Crippen LogP contribution in [0.25, 0.3) is 29.1 Å². The number of pyridine rings is 1. The van der Waals surface area contributed by atoms with Crippen LogP contribution in [0.3, 0.4) is 0 Å². The Bertz CT molecular complexity index is 1390. The molecule has 0 spiro atoms. The Morgan fingerprint density at radius 1 is 0.750 bits per heavy atom. The molecule has 0 aliphatic heterocycles. The predicted octanol–water partition coefficient (Wildman–Crippen LogP) is 5.71. The highest BCUT2D eigenvalue weighted by Crippen LogP contribution is 2.23. The van der Waals surface area contributed by atoms with E-state index in [4.69, 9.17) is 5.11 Å². The van der Waals surface area contributed by atoms with Gasteiger partial charge in [-0.05, 0) is 53.6 Å². The number of nitrogens with zero attached hydrogens (tertiary/aromatic N) is 1. The number of aromatic hydroxyl groups is 1. The number of carboxylic acids is 1. The maximum absolute atomic E-state index is 12.5. The molecule has 0 aliphatic carbocycles. The summed E-state index contributed by atoms with van der Waals surface area (Å²) < 4.78 is 0. The van der Waals surface area contributed by atoms with Crippen LogP contribution in [0.15, 0.2) is 84.9 Å². The Morgan fingerprint density at radius 2 is 1.47 bits per heavy atom. The molecule has 1 aromatic heterocycles. The Balaban J connectivity index is 1.52. The monoisotopic (exact) mass is 421 g/mol. The fourth-order valence-electron chi connectivity index (χ4n) is 3.30. The summed E-state index contributed by atoms with van der Waals surface area (Å²) in [7, 11) is 0. The van der Waals surface area contributed by atoms with E-state index >= 15 is 0 Å². The lowest BCUT2D eigenvalue weighted by Crippen LogP contribution is -2.02. The first kappa shape index (κ1) is 20.8. The van der Waals surface area contributed by atoms with Gasteiger partial charge in [0.25, 0.3) is 0 Å². The molecule has 5 nitrogen and oxygen atoms in total. The van der Waals surface area contributed by atoms with Crippen LogP contribution in [0.4, 0.5) is 0 Å². The molecule has 3 aromatic carbocycles.